The van der Waals surface area contributed by atoms with Crippen LogP contribution in [0, 0.1) is 0 Å². The molecule has 0 saturated heterocycles. The van der Waals surface area contributed by atoms with Gasteiger partial charge in [-0.2, -0.15) is 0 Å². The Morgan fingerprint density at radius 2 is 1.95 bits per heavy atom. The van der Waals surface area contributed by atoms with Gasteiger partial charge in [-0.1, -0.05) is 30.3 Å². The third-order valence-electron chi connectivity index (χ3n) is 2.87. The third-order valence-corrected chi connectivity index (χ3v) is 3.61. The lowest BCUT2D eigenvalue weighted by Gasteiger charge is -2.07. The minimum Gasteiger partial charge on any atom is -0.382 e. The SMILES string of the molecule is COCCOCCc1nc(-c2ccccc2)c(Br)c(=O)[nH]1. The Balaban J connectivity index is 2.14. The molecule has 6 heteroatoms. The van der Waals surface area contributed by atoms with Crippen LogP contribution in [0.15, 0.2) is 39.6 Å². The monoisotopic (exact) mass is 352 g/mol. The van der Waals surface area contributed by atoms with Crippen LogP contribution in [-0.4, -0.2) is 36.9 Å². The molecule has 0 atom stereocenters. The fraction of sp³-hybridized carbons (Fsp3) is 0.333. The van der Waals surface area contributed by atoms with Crippen molar-refractivity contribution in [2.24, 2.45) is 0 Å². The van der Waals surface area contributed by atoms with E-state index in [-0.39, 0.29) is 5.56 Å². The van der Waals surface area contributed by atoms with Gasteiger partial charge >= 0.3 is 0 Å². The summed E-state index contributed by atoms with van der Waals surface area (Å²) >= 11 is 3.30. The molecule has 5 nitrogen and oxygen atoms in total. The summed E-state index contributed by atoms with van der Waals surface area (Å²) < 4.78 is 10.7. The lowest BCUT2D eigenvalue weighted by atomic mass is 10.1. The summed E-state index contributed by atoms with van der Waals surface area (Å²) in [4.78, 5) is 19.2. The molecule has 1 N–H and O–H groups in total. The lowest BCUT2D eigenvalue weighted by molar-refractivity contribution is 0.0716. The number of hydrogen-bond acceptors (Lipinski definition) is 4. The lowest BCUT2D eigenvalue weighted by Crippen LogP contribution is -2.16. The summed E-state index contributed by atoms with van der Waals surface area (Å²) in [5.41, 5.74) is 1.36. The van der Waals surface area contributed by atoms with Crippen molar-refractivity contribution in [3.8, 4) is 11.3 Å². The molecule has 21 heavy (non-hydrogen) atoms. The van der Waals surface area contributed by atoms with Gasteiger partial charge in [0.25, 0.3) is 5.56 Å². The van der Waals surface area contributed by atoms with Gasteiger partial charge in [0, 0.05) is 19.1 Å². The normalized spacial score (nSPS) is 10.8. The van der Waals surface area contributed by atoms with E-state index in [2.05, 4.69) is 25.9 Å². The van der Waals surface area contributed by atoms with Crippen LogP contribution in [0.25, 0.3) is 11.3 Å². The molecule has 0 unspecified atom stereocenters. The maximum Gasteiger partial charge on any atom is 0.265 e. The van der Waals surface area contributed by atoms with Crippen molar-refractivity contribution < 1.29 is 9.47 Å². The summed E-state index contributed by atoms with van der Waals surface area (Å²) in [6.45, 7) is 1.57. The minimum absolute atomic E-state index is 0.184. The second kappa shape index (κ2) is 8.07. The zero-order valence-electron chi connectivity index (χ0n) is 11.8. The summed E-state index contributed by atoms with van der Waals surface area (Å²) in [5, 5.41) is 0. The van der Waals surface area contributed by atoms with Crippen molar-refractivity contribution in [1.82, 2.24) is 9.97 Å². The molecule has 0 spiro atoms. The molecule has 1 heterocycles. The molecule has 1 aromatic carbocycles. The average Bonchev–Trinajstić information content (AvgIpc) is 2.51. The van der Waals surface area contributed by atoms with E-state index in [1.54, 1.807) is 7.11 Å². The first-order valence-electron chi connectivity index (χ1n) is 6.63. The summed E-state index contributed by atoms with van der Waals surface area (Å²) in [6.07, 6.45) is 0.548. The Morgan fingerprint density at radius 3 is 2.67 bits per heavy atom. The van der Waals surface area contributed by atoms with Gasteiger partial charge < -0.3 is 14.5 Å². The highest BCUT2D eigenvalue weighted by Gasteiger charge is 2.10. The first-order chi connectivity index (χ1) is 10.2. The molecule has 0 aliphatic rings. The smallest absolute Gasteiger partial charge is 0.265 e. The molecule has 0 radical (unpaired) electrons. The number of halogens is 1. The molecule has 0 aliphatic heterocycles. The molecule has 2 aromatic rings. The molecule has 2 rings (SSSR count). The predicted molar refractivity (Wildman–Crippen MR) is 84.4 cm³/mol. The van der Waals surface area contributed by atoms with E-state index in [0.29, 0.717) is 42.2 Å². The van der Waals surface area contributed by atoms with E-state index in [1.807, 2.05) is 30.3 Å². The molecule has 0 saturated carbocycles. The number of H-pyrrole nitrogens is 1. The van der Waals surface area contributed by atoms with Crippen LogP contribution < -0.4 is 5.56 Å². The average molecular weight is 353 g/mol. The van der Waals surface area contributed by atoms with Gasteiger partial charge in [0.05, 0.1) is 25.5 Å². The maximum atomic E-state index is 12.0. The maximum absolute atomic E-state index is 12.0. The zero-order valence-corrected chi connectivity index (χ0v) is 13.4. The van der Waals surface area contributed by atoms with E-state index in [9.17, 15) is 4.79 Å². The van der Waals surface area contributed by atoms with Crippen molar-refractivity contribution in [2.75, 3.05) is 26.9 Å². The first kappa shape index (κ1) is 15.9. The van der Waals surface area contributed by atoms with Crippen LogP contribution in [-0.2, 0) is 15.9 Å². The van der Waals surface area contributed by atoms with Gasteiger partial charge in [0.1, 0.15) is 10.3 Å². The third kappa shape index (κ3) is 4.49. The number of ether oxygens (including phenoxy) is 2. The Bertz CT molecular complexity index is 629. The van der Waals surface area contributed by atoms with Crippen LogP contribution in [0.1, 0.15) is 5.82 Å². The highest BCUT2D eigenvalue weighted by molar-refractivity contribution is 9.10. The van der Waals surface area contributed by atoms with Gasteiger partial charge in [-0.15, -0.1) is 0 Å². The van der Waals surface area contributed by atoms with Gasteiger partial charge in [0.15, 0.2) is 0 Å². The number of nitrogens with one attached hydrogen (secondary N) is 1. The number of hydrogen-bond donors (Lipinski definition) is 1. The van der Waals surface area contributed by atoms with Crippen LogP contribution in [0.3, 0.4) is 0 Å². The quantitative estimate of drug-likeness (QED) is 0.777. The number of methoxy groups -OCH3 is 1. The van der Waals surface area contributed by atoms with Crippen molar-refractivity contribution in [2.45, 2.75) is 6.42 Å². The fourth-order valence-electron chi connectivity index (χ4n) is 1.82. The summed E-state index contributed by atoms with van der Waals surface area (Å²) in [6, 6.07) is 9.60. The van der Waals surface area contributed by atoms with Gasteiger partial charge in [0.2, 0.25) is 0 Å². The second-order valence-corrected chi connectivity index (χ2v) is 5.19. The first-order valence-corrected chi connectivity index (χ1v) is 7.42. The van der Waals surface area contributed by atoms with Gasteiger partial charge in [-0.25, -0.2) is 4.98 Å². The molecule has 0 fully saturated rings. The zero-order chi connectivity index (χ0) is 15.1. The topological polar surface area (TPSA) is 64.2 Å². The molecular weight excluding hydrogens is 336 g/mol. The minimum atomic E-state index is -0.184. The summed E-state index contributed by atoms with van der Waals surface area (Å²) in [7, 11) is 1.63. The van der Waals surface area contributed by atoms with E-state index in [0.717, 1.165) is 5.56 Å². The van der Waals surface area contributed by atoms with E-state index in [4.69, 9.17) is 9.47 Å². The van der Waals surface area contributed by atoms with Crippen LogP contribution in [0.2, 0.25) is 0 Å². The van der Waals surface area contributed by atoms with E-state index < -0.39 is 0 Å². The highest BCUT2D eigenvalue weighted by atomic mass is 79.9. The van der Waals surface area contributed by atoms with E-state index >= 15 is 0 Å². The molecule has 1 aromatic heterocycles. The standard InChI is InChI=1S/C15H17BrN2O3/c1-20-9-10-21-8-7-12-17-14(13(16)15(19)18-12)11-5-3-2-4-6-11/h2-6H,7-10H2,1H3,(H,17,18,19). The largest absolute Gasteiger partial charge is 0.382 e. The van der Waals surface area contributed by atoms with Gasteiger partial charge in [-0.3, -0.25) is 4.79 Å². The Kier molecular flexibility index (Phi) is 6.10. The van der Waals surface area contributed by atoms with Crippen LogP contribution in [0.5, 0.6) is 0 Å². The Hall–Kier alpha value is -1.50. The number of benzene rings is 1. The van der Waals surface area contributed by atoms with Crippen LogP contribution >= 0.6 is 15.9 Å². The molecule has 0 amide bonds. The Labute approximate surface area is 131 Å². The fourth-order valence-corrected chi connectivity index (χ4v) is 2.24. The number of aromatic nitrogens is 2. The molecule has 112 valence electrons. The molecule has 0 bridgehead atoms. The Morgan fingerprint density at radius 1 is 1.19 bits per heavy atom. The molecular formula is C15H17BrN2O3. The van der Waals surface area contributed by atoms with Crippen molar-refractivity contribution >= 4 is 15.9 Å². The van der Waals surface area contributed by atoms with Crippen molar-refractivity contribution in [1.29, 1.82) is 0 Å². The number of rotatable bonds is 7. The van der Waals surface area contributed by atoms with Gasteiger partial charge in [-0.05, 0) is 15.9 Å². The van der Waals surface area contributed by atoms with Crippen LogP contribution in [0.4, 0.5) is 0 Å². The van der Waals surface area contributed by atoms with Crippen molar-refractivity contribution in [3.05, 3.63) is 51.0 Å². The number of aromatic amines is 1. The summed E-state index contributed by atoms with van der Waals surface area (Å²) in [5.74, 6) is 0.611. The van der Waals surface area contributed by atoms with Crippen molar-refractivity contribution in [3.63, 3.8) is 0 Å². The highest BCUT2D eigenvalue weighted by Crippen LogP contribution is 2.22. The predicted octanol–water partition coefficient (Wildman–Crippen LogP) is 2.40. The number of nitrogens with zero attached hydrogens (tertiary/aromatic N) is 1. The van der Waals surface area contributed by atoms with E-state index in [1.165, 1.54) is 0 Å². The molecule has 0 aliphatic carbocycles. The second-order valence-electron chi connectivity index (χ2n) is 4.40.